The quantitative estimate of drug-likeness (QED) is 0.540. The molecule has 2 heteroatoms. The lowest BCUT2D eigenvalue weighted by atomic mass is 9.94. The van der Waals surface area contributed by atoms with E-state index in [0.29, 0.717) is 17.9 Å². The second-order valence-corrected chi connectivity index (χ2v) is 4.51. The van der Waals surface area contributed by atoms with Crippen molar-refractivity contribution in [2.45, 2.75) is 56.7 Å². The summed E-state index contributed by atoms with van der Waals surface area (Å²) in [6.45, 7) is 0. The van der Waals surface area contributed by atoms with E-state index in [9.17, 15) is 4.79 Å². The van der Waals surface area contributed by atoms with Crippen LogP contribution in [0.4, 0.5) is 0 Å². The van der Waals surface area contributed by atoms with E-state index in [4.69, 9.17) is 0 Å². The predicted molar refractivity (Wildman–Crippen MR) is 45.9 cm³/mol. The molecule has 3 aliphatic heterocycles. The van der Waals surface area contributed by atoms with E-state index in [1.807, 2.05) is 0 Å². The maximum absolute atomic E-state index is 11.4. The summed E-state index contributed by atoms with van der Waals surface area (Å²) in [6.07, 6.45) is 6.99. The van der Waals surface area contributed by atoms with Gasteiger partial charge in [-0.3, -0.25) is 9.69 Å². The van der Waals surface area contributed by atoms with Gasteiger partial charge in [-0.15, -0.1) is 0 Å². The van der Waals surface area contributed by atoms with Gasteiger partial charge in [0.05, 0.1) is 0 Å². The number of carbonyl (C=O) groups is 1. The molecule has 2 nitrogen and oxygen atoms in total. The number of rotatable bonds is 0. The first-order valence-corrected chi connectivity index (χ1v) is 5.14. The highest BCUT2D eigenvalue weighted by Gasteiger charge is 2.46. The van der Waals surface area contributed by atoms with Crippen LogP contribution in [0.3, 0.4) is 0 Å². The molecule has 3 saturated heterocycles. The summed E-state index contributed by atoms with van der Waals surface area (Å²) in [7, 11) is 0. The number of piperidine rings is 1. The fourth-order valence-electron chi connectivity index (χ4n) is 3.43. The molecule has 66 valence electrons. The van der Waals surface area contributed by atoms with Crippen LogP contribution in [0.5, 0.6) is 0 Å². The zero-order valence-electron chi connectivity index (χ0n) is 7.33. The monoisotopic (exact) mass is 165 g/mol. The SMILES string of the molecule is O=C1C[C@H]2CCC3CC[C@@H](C1)N32. The van der Waals surface area contributed by atoms with E-state index in [1.165, 1.54) is 25.7 Å². The minimum Gasteiger partial charge on any atom is -0.300 e. The smallest absolute Gasteiger partial charge is 0.136 e. The van der Waals surface area contributed by atoms with Gasteiger partial charge in [0.2, 0.25) is 0 Å². The first-order chi connectivity index (χ1) is 5.84. The first kappa shape index (κ1) is 7.07. The Hall–Kier alpha value is -0.370. The second-order valence-electron chi connectivity index (χ2n) is 4.51. The third kappa shape index (κ3) is 0.817. The van der Waals surface area contributed by atoms with Gasteiger partial charge in [-0.2, -0.15) is 0 Å². The standard InChI is InChI=1S/C10H15NO/c12-10-5-8-3-1-7-2-4-9(6-10)11(7)8/h7-9H,1-6H2/t7?,8-,9+. The van der Waals surface area contributed by atoms with Gasteiger partial charge >= 0.3 is 0 Å². The van der Waals surface area contributed by atoms with Gasteiger partial charge in [0.1, 0.15) is 5.78 Å². The molecule has 12 heavy (non-hydrogen) atoms. The van der Waals surface area contributed by atoms with Crippen molar-refractivity contribution in [1.29, 1.82) is 0 Å². The van der Waals surface area contributed by atoms with Crippen molar-refractivity contribution in [3.8, 4) is 0 Å². The Bertz CT molecular complexity index is 206. The molecular formula is C10H15NO. The highest BCUT2D eigenvalue weighted by Crippen LogP contribution is 2.42. The van der Waals surface area contributed by atoms with Crippen molar-refractivity contribution in [2.24, 2.45) is 0 Å². The summed E-state index contributed by atoms with van der Waals surface area (Å²) >= 11 is 0. The number of carbonyl (C=O) groups excluding carboxylic acids is 1. The van der Waals surface area contributed by atoms with Crippen molar-refractivity contribution in [3.63, 3.8) is 0 Å². The summed E-state index contributed by atoms with van der Waals surface area (Å²) in [5.74, 6) is 0.517. The maximum Gasteiger partial charge on any atom is 0.136 e. The van der Waals surface area contributed by atoms with Crippen molar-refractivity contribution < 1.29 is 4.79 Å². The lowest BCUT2D eigenvalue weighted by Crippen LogP contribution is -2.44. The average Bonchev–Trinajstić information content (AvgIpc) is 2.59. The first-order valence-electron chi connectivity index (χ1n) is 5.14. The zero-order chi connectivity index (χ0) is 8.13. The minimum atomic E-state index is 0.517. The summed E-state index contributed by atoms with van der Waals surface area (Å²) in [5, 5.41) is 0. The lowest BCUT2D eigenvalue weighted by Gasteiger charge is -2.34. The predicted octanol–water partition coefficient (Wildman–Crippen LogP) is 1.34. The van der Waals surface area contributed by atoms with Crippen molar-refractivity contribution in [3.05, 3.63) is 0 Å². The van der Waals surface area contributed by atoms with Crippen LogP contribution in [-0.2, 0) is 4.79 Å². The van der Waals surface area contributed by atoms with E-state index in [2.05, 4.69) is 4.90 Å². The molecule has 0 N–H and O–H groups in total. The highest BCUT2D eigenvalue weighted by atomic mass is 16.1. The van der Waals surface area contributed by atoms with Crippen LogP contribution in [0.2, 0.25) is 0 Å². The fraction of sp³-hybridized carbons (Fsp3) is 0.900. The van der Waals surface area contributed by atoms with Gasteiger partial charge in [-0.25, -0.2) is 0 Å². The second kappa shape index (κ2) is 2.32. The van der Waals surface area contributed by atoms with Crippen molar-refractivity contribution in [1.82, 2.24) is 4.90 Å². The molecule has 0 bridgehead atoms. The Labute approximate surface area is 72.9 Å². The number of hydrogen-bond acceptors (Lipinski definition) is 2. The average molecular weight is 165 g/mol. The Morgan fingerprint density at radius 1 is 0.917 bits per heavy atom. The van der Waals surface area contributed by atoms with E-state index >= 15 is 0 Å². The Kier molecular flexibility index (Phi) is 1.37. The van der Waals surface area contributed by atoms with Crippen LogP contribution in [0.15, 0.2) is 0 Å². The Balaban J connectivity index is 1.90. The van der Waals surface area contributed by atoms with Crippen LogP contribution in [0, 0.1) is 0 Å². The molecule has 3 aliphatic rings. The van der Waals surface area contributed by atoms with E-state index in [1.54, 1.807) is 0 Å². The molecule has 0 radical (unpaired) electrons. The molecule has 3 rings (SSSR count). The number of nitrogens with zero attached hydrogens (tertiary/aromatic N) is 1. The zero-order valence-corrected chi connectivity index (χ0v) is 7.33. The van der Waals surface area contributed by atoms with Gasteiger partial charge in [0.25, 0.3) is 0 Å². The van der Waals surface area contributed by atoms with Crippen LogP contribution >= 0.6 is 0 Å². The van der Waals surface area contributed by atoms with Crippen molar-refractivity contribution >= 4 is 5.78 Å². The van der Waals surface area contributed by atoms with Crippen LogP contribution < -0.4 is 0 Å². The topological polar surface area (TPSA) is 20.3 Å². The molecule has 3 heterocycles. The maximum atomic E-state index is 11.4. The molecule has 0 aliphatic carbocycles. The summed E-state index contributed by atoms with van der Waals surface area (Å²) in [5.41, 5.74) is 0. The molecule has 0 amide bonds. The largest absolute Gasteiger partial charge is 0.300 e. The molecule has 3 fully saturated rings. The highest BCUT2D eigenvalue weighted by molar-refractivity contribution is 5.80. The van der Waals surface area contributed by atoms with E-state index in [-0.39, 0.29) is 0 Å². The molecule has 0 aromatic carbocycles. The van der Waals surface area contributed by atoms with E-state index < -0.39 is 0 Å². The van der Waals surface area contributed by atoms with E-state index in [0.717, 1.165) is 18.9 Å². The molecule has 0 aromatic heterocycles. The van der Waals surface area contributed by atoms with Gasteiger partial charge in [0, 0.05) is 31.0 Å². The Morgan fingerprint density at radius 3 is 2.00 bits per heavy atom. The summed E-state index contributed by atoms with van der Waals surface area (Å²) in [6, 6.07) is 2.14. The normalized spacial score (nSPS) is 46.7. The van der Waals surface area contributed by atoms with Gasteiger partial charge in [-0.05, 0) is 25.7 Å². The van der Waals surface area contributed by atoms with Gasteiger partial charge in [0.15, 0.2) is 0 Å². The van der Waals surface area contributed by atoms with Gasteiger partial charge < -0.3 is 0 Å². The molecule has 1 unspecified atom stereocenters. The molecule has 3 atom stereocenters. The number of hydrogen-bond donors (Lipinski definition) is 0. The third-order valence-electron chi connectivity index (χ3n) is 3.86. The van der Waals surface area contributed by atoms with Crippen LogP contribution in [-0.4, -0.2) is 28.8 Å². The molecule has 0 saturated carbocycles. The third-order valence-corrected chi connectivity index (χ3v) is 3.86. The summed E-state index contributed by atoms with van der Waals surface area (Å²) in [4.78, 5) is 14.0. The number of ketones is 1. The number of Topliss-reactive ketones (excluding diaryl/α,β-unsaturated/α-hetero) is 1. The minimum absolute atomic E-state index is 0.517. The van der Waals surface area contributed by atoms with Crippen LogP contribution in [0.1, 0.15) is 38.5 Å². The fourth-order valence-corrected chi connectivity index (χ4v) is 3.43. The summed E-state index contributed by atoms with van der Waals surface area (Å²) < 4.78 is 0. The Morgan fingerprint density at radius 2 is 1.42 bits per heavy atom. The van der Waals surface area contributed by atoms with Crippen molar-refractivity contribution in [2.75, 3.05) is 0 Å². The molecule has 0 spiro atoms. The lowest BCUT2D eigenvalue weighted by molar-refractivity contribution is -0.124. The molecule has 0 aromatic rings. The molecular weight excluding hydrogens is 150 g/mol. The van der Waals surface area contributed by atoms with Gasteiger partial charge in [-0.1, -0.05) is 0 Å². The van der Waals surface area contributed by atoms with Crippen LogP contribution in [0.25, 0.3) is 0 Å².